The second-order valence-corrected chi connectivity index (χ2v) is 8.58. The van der Waals surface area contributed by atoms with Crippen LogP contribution >= 0.6 is 0 Å². The van der Waals surface area contributed by atoms with E-state index < -0.39 is 0 Å². The summed E-state index contributed by atoms with van der Waals surface area (Å²) in [4.78, 5) is 7.15. The molecule has 3 aromatic carbocycles. The lowest BCUT2D eigenvalue weighted by molar-refractivity contribution is 0.282. The van der Waals surface area contributed by atoms with E-state index in [2.05, 4.69) is 41.8 Å². The van der Waals surface area contributed by atoms with Crippen molar-refractivity contribution in [2.24, 2.45) is 0 Å². The Hall–Kier alpha value is -3.71. The summed E-state index contributed by atoms with van der Waals surface area (Å²) < 4.78 is 25.0. The molecule has 0 aliphatic carbocycles. The van der Waals surface area contributed by atoms with Crippen LogP contribution in [0.3, 0.4) is 0 Å². The molecule has 0 radical (unpaired) electrons. The van der Waals surface area contributed by atoms with Gasteiger partial charge >= 0.3 is 0 Å². The highest BCUT2D eigenvalue weighted by molar-refractivity contribution is 5.83. The third-order valence-electron chi connectivity index (χ3n) is 5.84. The number of aromatic nitrogens is 2. The van der Waals surface area contributed by atoms with Crippen molar-refractivity contribution in [2.75, 3.05) is 48.6 Å². The Balaban J connectivity index is 1.80. The highest BCUT2D eigenvalue weighted by Crippen LogP contribution is 2.41. The van der Waals surface area contributed by atoms with Gasteiger partial charge in [-0.25, -0.2) is 4.98 Å². The van der Waals surface area contributed by atoms with Crippen molar-refractivity contribution in [3.05, 3.63) is 66.2 Å². The van der Waals surface area contributed by atoms with Crippen LogP contribution in [0.15, 0.2) is 60.7 Å². The Kier molecular flexibility index (Phi) is 7.77. The molecule has 4 rings (SSSR count). The summed E-state index contributed by atoms with van der Waals surface area (Å²) in [7, 11) is 8.98. The SMILES string of the molecule is COc1cc(-c2nc3ccc(OCCCN(C)C)cc3n2Cc2ccccc2)cc(OC)c1OC. The van der Waals surface area contributed by atoms with Crippen LogP contribution in [-0.2, 0) is 6.54 Å². The van der Waals surface area contributed by atoms with Gasteiger partial charge in [0.2, 0.25) is 5.75 Å². The standard InChI is InChI=1S/C28H33N3O4/c1-30(2)14-9-15-35-22-12-13-23-24(18-22)31(19-20-10-7-6-8-11-20)28(29-23)21-16-25(32-3)27(34-5)26(17-21)33-4/h6-8,10-13,16-18H,9,14-15,19H2,1-5H3. The Morgan fingerprint density at radius 3 is 2.20 bits per heavy atom. The Labute approximate surface area is 206 Å². The van der Waals surface area contributed by atoms with Gasteiger partial charge in [-0.05, 0) is 50.3 Å². The van der Waals surface area contributed by atoms with Crippen molar-refractivity contribution >= 4 is 11.0 Å². The molecule has 0 atom stereocenters. The first kappa shape index (κ1) is 24.4. The van der Waals surface area contributed by atoms with Crippen molar-refractivity contribution in [3.8, 4) is 34.4 Å². The quantitative estimate of drug-likeness (QED) is 0.281. The van der Waals surface area contributed by atoms with Crippen molar-refractivity contribution in [1.82, 2.24) is 14.5 Å². The van der Waals surface area contributed by atoms with Crippen LogP contribution in [0.2, 0.25) is 0 Å². The molecular formula is C28H33N3O4. The Morgan fingerprint density at radius 1 is 0.857 bits per heavy atom. The molecule has 0 amide bonds. The second kappa shape index (κ2) is 11.1. The fourth-order valence-electron chi connectivity index (χ4n) is 4.12. The molecule has 7 nitrogen and oxygen atoms in total. The molecule has 7 heteroatoms. The lowest BCUT2D eigenvalue weighted by atomic mass is 10.1. The summed E-state index contributed by atoms with van der Waals surface area (Å²) in [6.45, 7) is 2.31. The first-order chi connectivity index (χ1) is 17.0. The average Bonchev–Trinajstić information content (AvgIpc) is 3.23. The topological polar surface area (TPSA) is 58.0 Å². The maximum Gasteiger partial charge on any atom is 0.203 e. The summed E-state index contributed by atoms with van der Waals surface area (Å²) in [6.07, 6.45) is 0.963. The smallest absolute Gasteiger partial charge is 0.203 e. The second-order valence-electron chi connectivity index (χ2n) is 8.58. The zero-order valence-corrected chi connectivity index (χ0v) is 21.1. The van der Waals surface area contributed by atoms with E-state index in [4.69, 9.17) is 23.9 Å². The molecule has 35 heavy (non-hydrogen) atoms. The number of methoxy groups -OCH3 is 3. The number of imidazole rings is 1. The molecule has 1 heterocycles. The van der Waals surface area contributed by atoms with E-state index in [1.807, 2.05) is 42.5 Å². The van der Waals surface area contributed by atoms with Gasteiger partial charge < -0.3 is 28.4 Å². The number of hydrogen-bond acceptors (Lipinski definition) is 6. The fraction of sp³-hybridized carbons (Fsp3) is 0.321. The van der Waals surface area contributed by atoms with Gasteiger partial charge in [0.1, 0.15) is 11.6 Å². The van der Waals surface area contributed by atoms with Gasteiger partial charge in [-0.2, -0.15) is 0 Å². The van der Waals surface area contributed by atoms with Crippen molar-refractivity contribution in [1.29, 1.82) is 0 Å². The van der Waals surface area contributed by atoms with E-state index in [1.165, 1.54) is 5.56 Å². The van der Waals surface area contributed by atoms with Gasteiger partial charge in [0.15, 0.2) is 11.5 Å². The van der Waals surface area contributed by atoms with Crippen LogP contribution < -0.4 is 18.9 Å². The number of nitrogens with zero attached hydrogens (tertiary/aromatic N) is 3. The summed E-state index contributed by atoms with van der Waals surface area (Å²) in [5.41, 5.74) is 3.95. The number of benzene rings is 3. The molecule has 0 saturated carbocycles. The van der Waals surface area contributed by atoms with Gasteiger partial charge in [-0.1, -0.05) is 30.3 Å². The normalized spacial score (nSPS) is 11.1. The third-order valence-corrected chi connectivity index (χ3v) is 5.84. The van der Waals surface area contributed by atoms with E-state index in [0.29, 0.717) is 30.4 Å². The van der Waals surface area contributed by atoms with Crippen LogP contribution in [0, 0.1) is 0 Å². The van der Waals surface area contributed by atoms with Gasteiger partial charge in [0.05, 0.1) is 39.0 Å². The lowest BCUT2D eigenvalue weighted by Gasteiger charge is -2.15. The predicted molar refractivity (Wildman–Crippen MR) is 139 cm³/mol. The summed E-state index contributed by atoms with van der Waals surface area (Å²) in [6, 6.07) is 20.3. The van der Waals surface area contributed by atoms with E-state index >= 15 is 0 Å². The molecule has 0 unspecified atom stereocenters. The number of hydrogen-bond donors (Lipinski definition) is 0. The average molecular weight is 476 g/mol. The summed E-state index contributed by atoms with van der Waals surface area (Å²) >= 11 is 0. The minimum atomic E-state index is 0.554. The van der Waals surface area contributed by atoms with E-state index in [0.717, 1.165) is 41.1 Å². The maximum atomic E-state index is 6.06. The summed E-state index contributed by atoms with van der Waals surface area (Å²) in [5.74, 6) is 3.38. The predicted octanol–water partition coefficient (Wildman–Crippen LogP) is 5.11. The van der Waals surface area contributed by atoms with Crippen LogP contribution in [0.1, 0.15) is 12.0 Å². The zero-order chi connectivity index (χ0) is 24.8. The molecule has 0 bridgehead atoms. The largest absolute Gasteiger partial charge is 0.493 e. The number of fused-ring (bicyclic) bond motifs is 1. The zero-order valence-electron chi connectivity index (χ0n) is 21.1. The highest BCUT2D eigenvalue weighted by Gasteiger charge is 2.19. The molecule has 0 aliphatic rings. The van der Waals surface area contributed by atoms with Crippen LogP contribution in [0.25, 0.3) is 22.4 Å². The minimum absolute atomic E-state index is 0.554. The third kappa shape index (κ3) is 5.52. The van der Waals surface area contributed by atoms with Gasteiger partial charge in [0.25, 0.3) is 0 Å². The monoisotopic (exact) mass is 475 g/mol. The fourth-order valence-corrected chi connectivity index (χ4v) is 4.12. The summed E-state index contributed by atoms with van der Waals surface area (Å²) in [5, 5.41) is 0. The maximum absolute atomic E-state index is 6.06. The van der Waals surface area contributed by atoms with Gasteiger partial charge in [-0.3, -0.25) is 0 Å². The number of ether oxygens (including phenoxy) is 4. The highest BCUT2D eigenvalue weighted by atomic mass is 16.5. The Morgan fingerprint density at radius 2 is 1.57 bits per heavy atom. The van der Waals surface area contributed by atoms with Crippen molar-refractivity contribution in [3.63, 3.8) is 0 Å². The lowest BCUT2D eigenvalue weighted by Crippen LogP contribution is -2.15. The molecule has 0 spiro atoms. The van der Waals surface area contributed by atoms with Crippen LogP contribution in [-0.4, -0.2) is 63.0 Å². The molecular weight excluding hydrogens is 442 g/mol. The van der Waals surface area contributed by atoms with Crippen LogP contribution in [0.4, 0.5) is 0 Å². The van der Waals surface area contributed by atoms with E-state index in [-0.39, 0.29) is 0 Å². The van der Waals surface area contributed by atoms with E-state index in [1.54, 1.807) is 21.3 Å². The molecule has 0 N–H and O–H groups in total. The van der Waals surface area contributed by atoms with E-state index in [9.17, 15) is 0 Å². The van der Waals surface area contributed by atoms with Gasteiger partial charge in [0, 0.05) is 24.7 Å². The molecule has 184 valence electrons. The van der Waals surface area contributed by atoms with Crippen LogP contribution in [0.5, 0.6) is 23.0 Å². The molecule has 4 aromatic rings. The van der Waals surface area contributed by atoms with Crippen molar-refractivity contribution < 1.29 is 18.9 Å². The van der Waals surface area contributed by atoms with Gasteiger partial charge in [-0.15, -0.1) is 0 Å². The first-order valence-corrected chi connectivity index (χ1v) is 11.7. The molecule has 0 saturated heterocycles. The van der Waals surface area contributed by atoms with Crippen molar-refractivity contribution in [2.45, 2.75) is 13.0 Å². The number of rotatable bonds is 11. The molecule has 0 aliphatic heterocycles. The first-order valence-electron chi connectivity index (χ1n) is 11.7. The Bertz CT molecular complexity index is 1240. The molecule has 0 fully saturated rings. The minimum Gasteiger partial charge on any atom is -0.493 e. The molecule has 1 aromatic heterocycles.